The van der Waals surface area contributed by atoms with Crippen molar-refractivity contribution in [2.45, 2.75) is 39.0 Å². The molecule has 0 saturated carbocycles. The van der Waals surface area contributed by atoms with E-state index in [-0.39, 0.29) is 35.5 Å². The van der Waals surface area contributed by atoms with Gasteiger partial charge in [-0.3, -0.25) is 9.59 Å². The zero-order valence-electron chi connectivity index (χ0n) is 24.0. The normalized spacial score (nSPS) is 12.2. The van der Waals surface area contributed by atoms with Crippen molar-refractivity contribution in [3.63, 3.8) is 0 Å². The van der Waals surface area contributed by atoms with Crippen LogP contribution in [0.4, 0.5) is 8.78 Å². The number of carboxylic acids is 1. The van der Waals surface area contributed by atoms with Gasteiger partial charge < -0.3 is 9.63 Å². The van der Waals surface area contributed by atoms with Gasteiger partial charge in [-0.1, -0.05) is 86.6 Å². The van der Waals surface area contributed by atoms with Crippen LogP contribution in [0.3, 0.4) is 0 Å². The van der Waals surface area contributed by atoms with Crippen LogP contribution in [-0.2, 0) is 16.6 Å². The fourth-order valence-corrected chi connectivity index (χ4v) is 4.79. The van der Waals surface area contributed by atoms with E-state index >= 15 is 0 Å². The molecule has 0 unspecified atom stereocenters. The molecule has 0 spiro atoms. The van der Waals surface area contributed by atoms with Gasteiger partial charge in [0.15, 0.2) is 5.78 Å². The van der Waals surface area contributed by atoms with Gasteiger partial charge in [0, 0.05) is 34.7 Å². The van der Waals surface area contributed by atoms with Crippen LogP contribution in [-0.4, -0.2) is 27.0 Å². The Labute approximate surface area is 248 Å². The fourth-order valence-electron chi connectivity index (χ4n) is 4.79. The molecule has 0 aliphatic carbocycles. The number of hydrogen-bond acceptors (Lipinski definition) is 5. The van der Waals surface area contributed by atoms with E-state index in [0.29, 0.717) is 28.1 Å². The van der Waals surface area contributed by atoms with Crippen LogP contribution in [0, 0.1) is 17.6 Å². The summed E-state index contributed by atoms with van der Waals surface area (Å²) in [4.78, 5) is 29.3. The molecule has 218 valence electrons. The van der Waals surface area contributed by atoms with Crippen molar-refractivity contribution < 1.29 is 28.0 Å². The molecule has 1 atom stereocenters. The number of aliphatic carboxylic acids is 1. The molecule has 1 aromatic heterocycles. The molecule has 1 N–H and O–H groups in total. The standard InChI is InChI=1S/C35H30F2N2O4/c1-35(2,3)27-14-12-23(13-15-27)31(40)19-26(34(41)42)18-21-4-6-24(7-5-21)32-38-33(43-39-32)25-10-8-22(9-11-25)29-17-16-28(36)20-30(29)37/h4-17,20,26H,18-19H2,1-3H3,(H,41,42)/t26-/m1/s1. The van der Waals surface area contributed by atoms with Crippen molar-refractivity contribution in [1.82, 2.24) is 10.1 Å². The summed E-state index contributed by atoms with van der Waals surface area (Å²) < 4.78 is 32.8. The highest BCUT2D eigenvalue weighted by atomic mass is 19.1. The number of ketones is 1. The summed E-state index contributed by atoms with van der Waals surface area (Å²) in [7, 11) is 0. The summed E-state index contributed by atoms with van der Waals surface area (Å²) >= 11 is 0. The van der Waals surface area contributed by atoms with Crippen molar-refractivity contribution in [2.75, 3.05) is 0 Å². The Balaban J connectivity index is 1.24. The number of nitrogens with zero attached hydrogens (tertiary/aromatic N) is 2. The van der Waals surface area contributed by atoms with Crippen LogP contribution in [0.25, 0.3) is 34.0 Å². The zero-order valence-corrected chi connectivity index (χ0v) is 24.0. The third kappa shape index (κ3) is 6.92. The Bertz CT molecular complexity index is 1750. The summed E-state index contributed by atoms with van der Waals surface area (Å²) in [6.07, 6.45) is 0.0899. The Hall–Kier alpha value is -4.98. The minimum absolute atomic E-state index is 0.0416. The lowest BCUT2D eigenvalue weighted by molar-refractivity contribution is -0.141. The largest absolute Gasteiger partial charge is 0.481 e. The lowest BCUT2D eigenvalue weighted by Gasteiger charge is -2.19. The van der Waals surface area contributed by atoms with E-state index in [1.165, 1.54) is 12.1 Å². The summed E-state index contributed by atoms with van der Waals surface area (Å²) in [6.45, 7) is 6.27. The van der Waals surface area contributed by atoms with Crippen LogP contribution in [0.2, 0.25) is 0 Å². The fraction of sp³-hybridized carbons (Fsp3) is 0.200. The summed E-state index contributed by atoms with van der Waals surface area (Å²) in [5.41, 5.74) is 4.48. The number of carbonyl (C=O) groups excluding carboxylic acids is 1. The Morgan fingerprint density at radius 2 is 1.47 bits per heavy atom. The second-order valence-electron chi connectivity index (χ2n) is 11.5. The highest BCUT2D eigenvalue weighted by Crippen LogP contribution is 2.28. The first kappa shape index (κ1) is 29.5. The SMILES string of the molecule is CC(C)(C)c1ccc(C(=O)C[C@@H](Cc2ccc(-c3noc(-c4ccc(-c5ccc(F)cc5F)cc4)n3)cc2)C(=O)O)cc1. The average molecular weight is 581 g/mol. The quantitative estimate of drug-likeness (QED) is 0.177. The molecule has 5 rings (SSSR count). The first-order valence-electron chi connectivity index (χ1n) is 13.8. The van der Waals surface area contributed by atoms with Gasteiger partial charge >= 0.3 is 5.97 Å². The predicted octanol–water partition coefficient (Wildman–Crippen LogP) is 8.16. The number of aromatic nitrogens is 2. The molecular formula is C35H30F2N2O4. The van der Waals surface area contributed by atoms with Crippen molar-refractivity contribution in [1.29, 1.82) is 0 Å². The number of benzene rings is 4. The van der Waals surface area contributed by atoms with Gasteiger partial charge in [0.05, 0.1) is 5.92 Å². The predicted molar refractivity (Wildman–Crippen MR) is 159 cm³/mol. The van der Waals surface area contributed by atoms with Crippen LogP contribution < -0.4 is 0 Å². The lowest BCUT2D eigenvalue weighted by Crippen LogP contribution is -2.20. The van der Waals surface area contributed by atoms with Gasteiger partial charge in [-0.2, -0.15) is 4.98 Å². The van der Waals surface area contributed by atoms with Gasteiger partial charge in [0.1, 0.15) is 11.6 Å². The number of carboxylic acid groups (broad SMARTS) is 1. The average Bonchev–Trinajstić information content (AvgIpc) is 3.47. The van der Waals surface area contributed by atoms with Crippen molar-refractivity contribution in [3.05, 3.63) is 119 Å². The molecule has 0 bridgehead atoms. The molecule has 1 heterocycles. The number of halogens is 2. The Morgan fingerprint density at radius 1 is 0.837 bits per heavy atom. The molecule has 0 radical (unpaired) electrons. The molecule has 4 aromatic carbocycles. The van der Waals surface area contributed by atoms with Crippen LogP contribution in [0.5, 0.6) is 0 Å². The van der Waals surface area contributed by atoms with Gasteiger partial charge in [-0.05, 0) is 52.8 Å². The van der Waals surface area contributed by atoms with E-state index in [1.54, 1.807) is 60.7 Å². The second-order valence-corrected chi connectivity index (χ2v) is 11.5. The van der Waals surface area contributed by atoms with Crippen LogP contribution >= 0.6 is 0 Å². The van der Waals surface area contributed by atoms with Crippen molar-refractivity contribution in [2.24, 2.45) is 5.92 Å². The van der Waals surface area contributed by atoms with Gasteiger partial charge in [-0.15, -0.1) is 0 Å². The molecule has 0 amide bonds. The molecule has 5 aromatic rings. The summed E-state index contributed by atoms with van der Waals surface area (Å²) in [5.74, 6) is -2.78. The molecule has 6 nitrogen and oxygen atoms in total. The second kappa shape index (κ2) is 12.1. The first-order chi connectivity index (χ1) is 20.5. The van der Waals surface area contributed by atoms with E-state index in [0.717, 1.165) is 17.2 Å². The number of rotatable bonds is 9. The van der Waals surface area contributed by atoms with E-state index in [4.69, 9.17) is 4.52 Å². The minimum atomic E-state index is -1.03. The smallest absolute Gasteiger partial charge is 0.307 e. The monoisotopic (exact) mass is 580 g/mol. The van der Waals surface area contributed by atoms with Gasteiger partial charge in [0.2, 0.25) is 5.82 Å². The molecule has 0 aliphatic heterocycles. The van der Waals surface area contributed by atoms with E-state index in [2.05, 4.69) is 30.9 Å². The maximum atomic E-state index is 14.1. The zero-order chi connectivity index (χ0) is 30.7. The van der Waals surface area contributed by atoms with E-state index < -0.39 is 23.5 Å². The Kier molecular flexibility index (Phi) is 8.30. The number of Topliss-reactive ketones (excluding diaryl/α,β-unsaturated/α-hetero) is 1. The summed E-state index contributed by atoms with van der Waals surface area (Å²) in [6, 6.07) is 24.7. The highest BCUT2D eigenvalue weighted by Gasteiger charge is 2.23. The topological polar surface area (TPSA) is 93.3 Å². The molecule has 0 saturated heterocycles. The third-order valence-corrected chi connectivity index (χ3v) is 7.35. The minimum Gasteiger partial charge on any atom is -0.481 e. The van der Waals surface area contributed by atoms with Crippen LogP contribution in [0.1, 0.15) is 48.7 Å². The Morgan fingerprint density at radius 3 is 2.07 bits per heavy atom. The lowest BCUT2D eigenvalue weighted by atomic mass is 9.86. The van der Waals surface area contributed by atoms with Gasteiger partial charge in [-0.25, -0.2) is 8.78 Å². The maximum Gasteiger partial charge on any atom is 0.307 e. The molecule has 0 aliphatic rings. The number of hydrogen-bond donors (Lipinski definition) is 1. The van der Waals surface area contributed by atoms with E-state index in [1.807, 2.05) is 12.1 Å². The third-order valence-electron chi connectivity index (χ3n) is 7.35. The summed E-state index contributed by atoms with van der Waals surface area (Å²) in [5, 5.41) is 13.9. The van der Waals surface area contributed by atoms with Gasteiger partial charge in [0.25, 0.3) is 5.89 Å². The van der Waals surface area contributed by atoms with Crippen LogP contribution in [0.15, 0.2) is 95.5 Å². The first-order valence-corrected chi connectivity index (χ1v) is 13.8. The number of carbonyl (C=O) groups is 2. The van der Waals surface area contributed by atoms with Crippen molar-refractivity contribution >= 4 is 11.8 Å². The maximum absolute atomic E-state index is 14.1. The molecule has 8 heteroatoms. The molecular weight excluding hydrogens is 550 g/mol. The van der Waals surface area contributed by atoms with E-state index in [9.17, 15) is 23.5 Å². The highest BCUT2D eigenvalue weighted by molar-refractivity contribution is 5.98. The molecule has 0 fully saturated rings. The van der Waals surface area contributed by atoms with Crippen molar-refractivity contribution in [3.8, 4) is 34.0 Å². The molecule has 43 heavy (non-hydrogen) atoms.